The van der Waals surface area contributed by atoms with Gasteiger partial charge in [0.05, 0.1) is 6.21 Å². The number of hydrogen-bond acceptors (Lipinski definition) is 3. The van der Waals surface area contributed by atoms with Crippen LogP contribution < -0.4 is 4.90 Å². The van der Waals surface area contributed by atoms with Crippen LogP contribution in [0, 0.1) is 0 Å². The topological polar surface area (TPSA) is 28.0 Å². The Morgan fingerprint density at radius 1 is 0.720 bits per heavy atom. The summed E-state index contributed by atoms with van der Waals surface area (Å²) in [7, 11) is 4.05. The van der Waals surface area contributed by atoms with Crippen LogP contribution in [-0.2, 0) is 0 Å². The average molecular weight is 327 g/mol. The first kappa shape index (κ1) is 16.7. The minimum absolute atomic E-state index is 0.863. The van der Waals surface area contributed by atoms with Crippen LogP contribution in [0.1, 0.15) is 16.7 Å². The number of benzene rings is 3. The maximum Gasteiger partial charge on any atom is 0.100 e. The molecular formula is C22H21N3. The van der Waals surface area contributed by atoms with Crippen LogP contribution in [0.15, 0.2) is 95.1 Å². The van der Waals surface area contributed by atoms with E-state index in [1.807, 2.05) is 86.9 Å². The SMILES string of the molecule is CN(C)c1ccc(/C=N/N=C(c2ccccc2)c2ccccc2)cc1. The normalized spacial score (nSPS) is 10.6. The van der Waals surface area contributed by atoms with E-state index in [1.165, 1.54) is 0 Å². The monoisotopic (exact) mass is 327 g/mol. The van der Waals surface area contributed by atoms with Gasteiger partial charge in [0.25, 0.3) is 0 Å². The third kappa shape index (κ3) is 4.42. The van der Waals surface area contributed by atoms with Crippen LogP contribution in [0.25, 0.3) is 0 Å². The van der Waals surface area contributed by atoms with Gasteiger partial charge in [0.1, 0.15) is 5.71 Å². The molecule has 3 aromatic carbocycles. The molecule has 0 unspecified atom stereocenters. The number of nitrogens with zero attached hydrogens (tertiary/aromatic N) is 3. The van der Waals surface area contributed by atoms with Gasteiger partial charge in [-0.15, -0.1) is 5.10 Å². The van der Waals surface area contributed by atoms with E-state index in [0.29, 0.717) is 0 Å². The zero-order chi connectivity index (χ0) is 17.5. The maximum atomic E-state index is 4.49. The van der Waals surface area contributed by atoms with Gasteiger partial charge in [-0.05, 0) is 17.7 Å². The van der Waals surface area contributed by atoms with E-state index < -0.39 is 0 Å². The van der Waals surface area contributed by atoms with Crippen LogP contribution in [0.4, 0.5) is 5.69 Å². The average Bonchev–Trinajstić information content (AvgIpc) is 2.67. The van der Waals surface area contributed by atoms with Crippen molar-refractivity contribution in [1.82, 2.24) is 0 Å². The lowest BCUT2D eigenvalue weighted by Gasteiger charge is -2.11. The van der Waals surface area contributed by atoms with Gasteiger partial charge in [-0.3, -0.25) is 0 Å². The second-order valence-electron chi connectivity index (χ2n) is 5.91. The Balaban J connectivity index is 1.88. The molecule has 0 aliphatic carbocycles. The van der Waals surface area contributed by atoms with E-state index in [1.54, 1.807) is 6.21 Å². The molecule has 3 nitrogen and oxygen atoms in total. The van der Waals surface area contributed by atoms with Crippen molar-refractivity contribution in [2.75, 3.05) is 19.0 Å². The van der Waals surface area contributed by atoms with Crippen molar-refractivity contribution in [2.45, 2.75) is 0 Å². The first-order valence-electron chi connectivity index (χ1n) is 8.23. The minimum Gasteiger partial charge on any atom is -0.378 e. The van der Waals surface area contributed by atoms with Gasteiger partial charge in [0.2, 0.25) is 0 Å². The molecule has 3 rings (SSSR count). The molecular weight excluding hydrogens is 306 g/mol. The van der Waals surface area contributed by atoms with E-state index in [2.05, 4.69) is 27.2 Å². The molecule has 0 saturated carbocycles. The predicted molar refractivity (Wildman–Crippen MR) is 107 cm³/mol. The summed E-state index contributed by atoms with van der Waals surface area (Å²) in [4.78, 5) is 2.07. The van der Waals surface area contributed by atoms with E-state index in [-0.39, 0.29) is 0 Å². The quantitative estimate of drug-likeness (QED) is 0.496. The Kier molecular flexibility index (Phi) is 5.37. The lowest BCUT2D eigenvalue weighted by Crippen LogP contribution is -2.08. The Morgan fingerprint density at radius 2 is 1.24 bits per heavy atom. The second-order valence-corrected chi connectivity index (χ2v) is 5.91. The molecule has 0 bridgehead atoms. The van der Waals surface area contributed by atoms with Crippen LogP contribution in [0.2, 0.25) is 0 Å². The molecule has 25 heavy (non-hydrogen) atoms. The first-order valence-corrected chi connectivity index (χ1v) is 8.23. The van der Waals surface area contributed by atoms with Gasteiger partial charge in [-0.2, -0.15) is 5.10 Å². The van der Waals surface area contributed by atoms with Crippen molar-refractivity contribution >= 4 is 17.6 Å². The fraction of sp³-hybridized carbons (Fsp3) is 0.0909. The molecule has 0 saturated heterocycles. The standard InChI is InChI=1S/C22H21N3/c1-25(2)21-15-13-18(14-16-21)17-23-24-22(19-9-5-3-6-10-19)20-11-7-4-8-12-20/h3-17H,1-2H3/b23-17+. The van der Waals surface area contributed by atoms with Gasteiger partial charge < -0.3 is 4.90 Å². The minimum atomic E-state index is 0.863. The molecule has 0 aliphatic heterocycles. The molecule has 0 radical (unpaired) electrons. The summed E-state index contributed by atoms with van der Waals surface area (Å²) in [6, 6.07) is 28.5. The van der Waals surface area contributed by atoms with Crippen LogP contribution >= 0.6 is 0 Å². The number of anilines is 1. The van der Waals surface area contributed by atoms with Crippen molar-refractivity contribution in [3.63, 3.8) is 0 Å². The van der Waals surface area contributed by atoms with Gasteiger partial charge in [0, 0.05) is 30.9 Å². The van der Waals surface area contributed by atoms with Crippen molar-refractivity contribution in [1.29, 1.82) is 0 Å². The van der Waals surface area contributed by atoms with Gasteiger partial charge in [0.15, 0.2) is 0 Å². The molecule has 0 fully saturated rings. The summed E-state index contributed by atoms with van der Waals surface area (Å²) in [5, 5.41) is 8.81. The zero-order valence-corrected chi connectivity index (χ0v) is 14.5. The highest BCUT2D eigenvalue weighted by molar-refractivity contribution is 6.12. The molecule has 3 heteroatoms. The molecule has 0 N–H and O–H groups in total. The molecule has 0 atom stereocenters. The number of rotatable bonds is 5. The van der Waals surface area contributed by atoms with Crippen molar-refractivity contribution in [2.24, 2.45) is 10.2 Å². The van der Waals surface area contributed by atoms with Gasteiger partial charge in [-0.25, -0.2) is 0 Å². The number of hydrogen-bond donors (Lipinski definition) is 0. The molecule has 0 spiro atoms. The predicted octanol–water partition coefficient (Wildman–Crippen LogP) is 4.62. The molecule has 0 amide bonds. The Morgan fingerprint density at radius 3 is 1.72 bits per heavy atom. The summed E-state index contributed by atoms with van der Waals surface area (Å²) >= 11 is 0. The third-order valence-corrected chi connectivity index (χ3v) is 3.87. The summed E-state index contributed by atoms with van der Waals surface area (Å²) in [6.45, 7) is 0. The highest BCUT2D eigenvalue weighted by atomic mass is 15.2. The molecule has 3 aromatic rings. The molecule has 0 aromatic heterocycles. The summed E-state index contributed by atoms with van der Waals surface area (Å²) < 4.78 is 0. The van der Waals surface area contributed by atoms with Gasteiger partial charge >= 0.3 is 0 Å². The highest BCUT2D eigenvalue weighted by Crippen LogP contribution is 2.13. The molecule has 124 valence electrons. The van der Waals surface area contributed by atoms with Gasteiger partial charge in [-0.1, -0.05) is 72.8 Å². The van der Waals surface area contributed by atoms with E-state index in [9.17, 15) is 0 Å². The largest absolute Gasteiger partial charge is 0.378 e. The maximum absolute atomic E-state index is 4.49. The first-order chi connectivity index (χ1) is 12.2. The second kappa shape index (κ2) is 8.06. The fourth-order valence-corrected chi connectivity index (χ4v) is 2.49. The van der Waals surface area contributed by atoms with Crippen LogP contribution in [-0.4, -0.2) is 26.0 Å². The van der Waals surface area contributed by atoms with E-state index in [4.69, 9.17) is 0 Å². The summed E-state index contributed by atoms with van der Waals surface area (Å²) in [5.74, 6) is 0. The third-order valence-electron chi connectivity index (χ3n) is 3.87. The van der Waals surface area contributed by atoms with Crippen LogP contribution in [0.3, 0.4) is 0 Å². The van der Waals surface area contributed by atoms with Crippen molar-refractivity contribution < 1.29 is 0 Å². The lowest BCUT2D eigenvalue weighted by atomic mass is 10.0. The lowest BCUT2D eigenvalue weighted by molar-refractivity contribution is 1.13. The van der Waals surface area contributed by atoms with Crippen LogP contribution in [0.5, 0.6) is 0 Å². The van der Waals surface area contributed by atoms with Crippen molar-refractivity contribution in [3.05, 3.63) is 102 Å². The molecule has 0 aliphatic rings. The summed E-state index contributed by atoms with van der Waals surface area (Å²) in [5.41, 5.74) is 5.15. The van der Waals surface area contributed by atoms with Crippen molar-refractivity contribution in [3.8, 4) is 0 Å². The Labute approximate surface area is 149 Å². The summed E-state index contributed by atoms with van der Waals surface area (Å²) in [6.07, 6.45) is 1.78. The highest BCUT2D eigenvalue weighted by Gasteiger charge is 2.05. The Hall–Kier alpha value is -3.20. The fourth-order valence-electron chi connectivity index (χ4n) is 2.49. The zero-order valence-electron chi connectivity index (χ0n) is 14.5. The Bertz CT molecular complexity index is 807. The van der Waals surface area contributed by atoms with E-state index in [0.717, 1.165) is 28.1 Å². The molecule has 0 heterocycles. The smallest absolute Gasteiger partial charge is 0.100 e. The van der Waals surface area contributed by atoms with E-state index >= 15 is 0 Å².